The highest BCUT2D eigenvalue weighted by Gasteiger charge is 2.62. The Morgan fingerprint density at radius 1 is 1.40 bits per heavy atom. The summed E-state index contributed by atoms with van der Waals surface area (Å²) < 4.78 is 11.4. The zero-order valence-electron chi connectivity index (χ0n) is 15.2. The van der Waals surface area contributed by atoms with E-state index in [1.165, 1.54) is 0 Å². The maximum absolute atomic E-state index is 12.5. The van der Waals surface area contributed by atoms with E-state index in [0.29, 0.717) is 30.3 Å². The summed E-state index contributed by atoms with van der Waals surface area (Å²) in [7, 11) is 0. The van der Waals surface area contributed by atoms with Gasteiger partial charge in [-0.05, 0) is 38.1 Å². The molecule has 25 heavy (non-hydrogen) atoms. The number of hydrogen-bond donors (Lipinski definition) is 2. The van der Waals surface area contributed by atoms with Crippen molar-refractivity contribution in [2.45, 2.75) is 51.9 Å². The fraction of sp³-hybridized carbons (Fsp3) is 0.611. The summed E-state index contributed by atoms with van der Waals surface area (Å²) in [4.78, 5) is 12.5. The second-order valence-electron chi connectivity index (χ2n) is 6.93. The predicted octanol–water partition coefficient (Wildman–Crippen LogP) is 3.18. The Bertz CT molecular complexity index is 580. The van der Waals surface area contributed by atoms with Gasteiger partial charge in [0.25, 0.3) is 0 Å². The van der Waals surface area contributed by atoms with Crippen molar-refractivity contribution in [3.63, 3.8) is 0 Å². The zero-order chi connectivity index (χ0) is 18.0. The first kappa shape index (κ1) is 22.0. The van der Waals surface area contributed by atoms with E-state index in [4.69, 9.17) is 26.8 Å². The molecule has 142 valence electrons. The molecular formula is C18H28Cl2N2O3. The van der Waals surface area contributed by atoms with Crippen LogP contribution in [0.15, 0.2) is 24.3 Å². The average Bonchev–Trinajstić information content (AvgIpc) is 2.54. The molecule has 2 rings (SSSR count). The van der Waals surface area contributed by atoms with Crippen LogP contribution in [0.5, 0.6) is 5.75 Å². The topological polar surface area (TPSA) is 73.6 Å². The van der Waals surface area contributed by atoms with Gasteiger partial charge in [-0.1, -0.05) is 25.4 Å². The molecule has 3 unspecified atom stereocenters. The minimum Gasteiger partial charge on any atom is -0.489 e. The number of ether oxygens (including phenoxy) is 2. The minimum atomic E-state index is -0.910. The van der Waals surface area contributed by atoms with Gasteiger partial charge in [-0.15, -0.1) is 12.4 Å². The third-order valence-corrected chi connectivity index (χ3v) is 5.19. The molecular weight excluding hydrogens is 363 g/mol. The summed E-state index contributed by atoms with van der Waals surface area (Å²) in [6, 6.07) is 7.13. The Morgan fingerprint density at radius 2 is 2.00 bits per heavy atom. The number of amides is 1. The van der Waals surface area contributed by atoms with E-state index in [-0.39, 0.29) is 30.5 Å². The van der Waals surface area contributed by atoms with Gasteiger partial charge >= 0.3 is 0 Å². The van der Waals surface area contributed by atoms with Crippen molar-refractivity contribution in [3.8, 4) is 5.75 Å². The summed E-state index contributed by atoms with van der Waals surface area (Å²) in [5.41, 5.74) is 5.05. The van der Waals surface area contributed by atoms with Gasteiger partial charge in [-0.2, -0.15) is 0 Å². The lowest BCUT2D eigenvalue weighted by Gasteiger charge is -2.57. The molecule has 1 saturated carbocycles. The fourth-order valence-corrected chi connectivity index (χ4v) is 3.13. The van der Waals surface area contributed by atoms with Crippen molar-refractivity contribution in [1.82, 2.24) is 5.32 Å². The van der Waals surface area contributed by atoms with Crippen molar-refractivity contribution in [2.24, 2.45) is 11.1 Å². The van der Waals surface area contributed by atoms with Crippen LogP contribution < -0.4 is 15.8 Å². The number of benzene rings is 1. The SMILES string of the molecule is CCOC1CC(N)(C(=O)NCC(C)Oc2ccc(Cl)cc2)C1(C)C.Cl. The van der Waals surface area contributed by atoms with Crippen molar-refractivity contribution in [1.29, 1.82) is 0 Å². The van der Waals surface area contributed by atoms with Gasteiger partial charge in [0.1, 0.15) is 17.4 Å². The molecule has 1 aliphatic carbocycles. The molecule has 0 spiro atoms. The lowest BCUT2D eigenvalue weighted by molar-refractivity contribution is -0.170. The zero-order valence-corrected chi connectivity index (χ0v) is 16.7. The quantitative estimate of drug-likeness (QED) is 0.749. The highest BCUT2D eigenvalue weighted by atomic mass is 35.5. The Kier molecular flexibility index (Phi) is 7.56. The second-order valence-corrected chi connectivity index (χ2v) is 7.37. The third kappa shape index (κ3) is 4.59. The first-order valence-corrected chi connectivity index (χ1v) is 8.69. The number of halogens is 2. The smallest absolute Gasteiger partial charge is 0.240 e. The lowest BCUT2D eigenvalue weighted by atomic mass is 9.54. The van der Waals surface area contributed by atoms with E-state index in [1.54, 1.807) is 24.3 Å². The highest BCUT2D eigenvalue weighted by molar-refractivity contribution is 6.30. The Morgan fingerprint density at radius 3 is 2.52 bits per heavy atom. The lowest BCUT2D eigenvalue weighted by Crippen LogP contribution is -2.76. The number of carbonyl (C=O) groups excluding carboxylic acids is 1. The van der Waals surface area contributed by atoms with Crippen LogP contribution in [0.2, 0.25) is 5.02 Å². The van der Waals surface area contributed by atoms with Crippen LogP contribution in [0, 0.1) is 5.41 Å². The molecule has 3 atom stereocenters. The Balaban J connectivity index is 0.00000312. The van der Waals surface area contributed by atoms with Crippen LogP contribution in [-0.4, -0.2) is 36.8 Å². The first-order chi connectivity index (χ1) is 11.2. The van der Waals surface area contributed by atoms with Crippen LogP contribution in [0.4, 0.5) is 0 Å². The molecule has 0 saturated heterocycles. The molecule has 0 aliphatic heterocycles. The van der Waals surface area contributed by atoms with Gasteiger partial charge in [0, 0.05) is 23.5 Å². The number of nitrogens with one attached hydrogen (secondary N) is 1. The maximum atomic E-state index is 12.5. The van der Waals surface area contributed by atoms with Gasteiger partial charge in [0.2, 0.25) is 5.91 Å². The molecule has 0 heterocycles. The molecule has 1 aromatic rings. The minimum absolute atomic E-state index is 0. The first-order valence-electron chi connectivity index (χ1n) is 8.31. The van der Waals surface area contributed by atoms with Crippen LogP contribution in [-0.2, 0) is 9.53 Å². The molecule has 0 aromatic heterocycles. The summed E-state index contributed by atoms with van der Waals surface area (Å²) in [5.74, 6) is 0.555. The van der Waals surface area contributed by atoms with Gasteiger partial charge in [-0.3, -0.25) is 4.79 Å². The molecule has 5 nitrogen and oxygen atoms in total. The molecule has 1 aliphatic rings. The van der Waals surface area contributed by atoms with Gasteiger partial charge in [0.15, 0.2) is 0 Å². The molecule has 1 aromatic carbocycles. The molecule has 3 N–H and O–H groups in total. The van der Waals surface area contributed by atoms with Crippen LogP contribution in [0.25, 0.3) is 0 Å². The molecule has 7 heteroatoms. The standard InChI is InChI=1S/C18H27ClN2O3.ClH/c1-5-23-15-10-18(20,17(15,3)4)16(22)21-11-12(2)24-14-8-6-13(19)7-9-14;/h6-9,12,15H,5,10-11,20H2,1-4H3,(H,21,22);1H. The van der Waals surface area contributed by atoms with Crippen molar-refractivity contribution >= 4 is 29.9 Å². The summed E-state index contributed by atoms with van der Waals surface area (Å²) in [6.07, 6.45) is 0.372. The normalized spacial score (nSPS) is 25.3. The van der Waals surface area contributed by atoms with E-state index in [2.05, 4.69) is 5.32 Å². The maximum Gasteiger partial charge on any atom is 0.240 e. The summed E-state index contributed by atoms with van der Waals surface area (Å²) in [6.45, 7) is 8.80. The van der Waals surface area contributed by atoms with Crippen LogP contribution >= 0.6 is 24.0 Å². The number of rotatable bonds is 7. The highest BCUT2D eigenvalue weighted by Crippen LogP contribution is 2.49. The third-order valence-electron chi connectivity index (χ3n) is 4.94. The van der Waals surface area contributed by atoms with Crippen LogP contribution in [0.1, 0.15) is 34.1 Å². The van der Waals surface area contributed by atoms with E-state index in [0.717, 1.165) is 0 Å². The van der Waals surface area contributed by atoms with Crippen molar-refractivity contribution in [2.75, 3.05) is 13.2 Å². The molecule has 0 bridgehead atoms. The van der Waals surface area contributed by atoms with E-state index >= 15 is 0 Å². The Labute approximate surface area is 161 Å². The fourth-order valence-electron chi connectivity index (χ4n) is 3.00. The second kappa shape index (κ2) is 8.58. The largest absolute Gasteiger partial charge is 0.489 e. The average molecular weight is 391 g/mol. The summed E-state index contributed by atoms with van der Waals surface area (Å²) in [5, 5.41) is 3.56. The predicted molar refractivity (Wildman–Crippen MR) is 103 cm³/mol. The van der Waals surface area contributed by atoms with E-state index in [1.807, 2.05) is 27.7 Å². The number of carbonyl (C=O) groups is 1. The Hall–Kier alpha value is -1.01. The number of nitrogens with two attached hydrogens (primary N) is 1. The van der Waals surface area contributed by atoms with E-state index in [9.17, 15) is 4.79 Å². The van der Waals surface area contributed by atoms with Crippen molar-refractivity contribution in [3.05, 3.63) is 29.3 Å². The molecule has 1 amide bonds. The summed E-state index contributed by atoms with van der Waals surface area (Å²) >= 11 is 5.85. The monoisotopic (exact) mass is 390 g/mol. The molecule has 1 fully saturated rings. The van der Waals surface area contributed by atoms with Crippen molar-refractivity contribution < 1.29 is 14.3 Å². The van der Waals surface area contributed by atoms with Crippen LogP contribution in [0.3, 0.4) is 0 Å². The van der Waals surface area contributed by atoms with Gasteiger partial charge in [-0.25, -0.2) is 0 Å². The number of hydrogen-bond acceptors (Lipinski definition) is 4. The molecule has 0 radical (unpaired) electrons. The van der Waals surface area contributed by atoms with Gasteiger partial charge in [0.05, 0.1) is 12.6 Å². The van der Waals surface area contributed by atoms with E-state index < -0.39 is 11.0 Å². The van der Waals surface area contributed by atoms with Gasteiger partial charge < -0.3 is 20.5 Å².